The molecule has 0 aliphatic carbocycles. The van der Waals surface area contributed by atoms with Gasteiger partial charge >= 0.3 is 6.03 Å². The number of hydrogen-bond acceptors (Lipinski definition) is 4. The van der Waals surface area contributed by atoms with Crippen LogP contribution in [-0.2, 0) is 20.8 Å². The average molecular weight is 443 g/mol. The molecule has 2 heterocycles. The predicted molar refractivity (Wildman–Crippen MR) is 121 cm³/mol. The van der Waals surface area contributed by atoms with E-state index in [0.29, 0.717) is 32.4 Å². The molecule has 5 amide bonds. The van der Waals surface area contributed by atoms with E-state index in [4.69, 9.17) is 0 Å². The summed E-state index contributed by atoms with van der Waals surface area (Å²) in [4.78, 5) is 51.2. The summed E-state index contributed by atoms with van der Waals surface area (Å²) in [6, 6.07) is 9.08. The lowest BCUT2D eigenvalue weighted by molar-refractivity contribution is -0.139. The third-order valence-corrected chi connectivity index (χ3v) is 6.64. The van der Waals surface area contributed by atoms with E-state index in [1.54, 1.807) is 4.90 Å². The third-order valence-electron chi connectivity index (χ3n) is 6.64. The minimum Gasteiger partial charge on any atom is -0.344 e. The first-order valence-electron chi connectivity index (χ1n) is 11.5. The van der Waals surface area contributed by atoms with Gasteiger partial charge in [0.25, 0.3) is 5.91 Å². The van der Waals surface area contributed by atoms with E-state index in [1.165, 1.54) is 12.5 Å². The van der Waals surface area contributed by atoms with Gasteiger partial charge in [-0.1, -0.05) is 44.2 Å². The van der Waals surface area contributed by atoms with Crippen molar-refractivity contribution in [2.24, 2.45) is 11.8 Å². The van der Waals surface area contributed by atoms with Crippen LogP contribution in [-0.4, -0.2) is 53.3 Å². The van der Waals surface area contributed by atoms with Crippen LogP contribution in [0.1, 0.15) is 52.0 Å². The maximum absolute atomic E-state index is 13.0. The molecule has 0 bridgehead atoms. The molecule has 1 aromatic rings. The quantitative estimate of drug-likeness (QED) is 0.535. The molecule has 32 heavy (non-hydrogen) atoms. The lowest BCUT2D eigenvalue weighted by Gasteiger charge is -2.41. The maximum atomic E-state index is 13.0. The molecule has 0 spiro atoms. The summed E-state index contributed by atoms with van der Waals surface area (Å²) in [5.41, 5.74) is 0.265. The zero-order valence-corrected chi connectivity index (χ0v) is 19.1. The summed E-state index contributed by atoms with van der Waals surface area (Å²) in [6.07, 6.45) is 3.40. The largest absolute Gasteiger partial charge is 0.344 e. The molecule has 2 aliphatic rings. The highest BCUT2D eigenvalue weighted by atomic mass is 16.2. The Labute approximate surface area is 189 Å². The molecule has 0 radical (unpaired) electrons. The number of urea groups is 1. The molecule has 3 rings (SSSR count). The van der Waals surface area contributed by atoms with Gasteiger partial charge in [-0.3, -0.25) is 19.7 Å². The van der Waals surface area contributed by atoms with Crippen molar-refractivity contribution in [3.05, 3.63) is 35.9 Å². The van der Waals surface area contributed by atoms with Crippen LogP contribution < -0.4 is 16.0 Å². The van der Waals surface area contributed by atoms with Gasteiger partial charge in [0, 0.05) is 20.0 Å². The highest BCUT2D eigenvalue weighted by molar-refractivity contribution is 6.07. The summed E-state index contributed by atoms with van der Waals surface area (Å²) < 4.78 is 0. The molecule has 2 fully saturated rings. The highest BCUT2D eigenvalue weighted by Crippen LogP contribution is 2.35. The number of hydrogen-bond donors (Lipinski definition) is 3. The van der Waals surface area contributed by atoms with Gasteiger partial charge in [0.2, 0.25) is 11.8 Å². The molecule has 8 heteroatoms. The van der Waals surface area contributed by atoms with E-state index in [1.807, 2.05) is 32.0 Å². The second-order valence-corrected chi connectivity index (χ2v) is 9.24. The molecule has 174 valence electrons. The molecule has 2 atom stereocenters. The fourth-order valence-corrected chi connectivity index (χ4v) is 4.91. The second-order valence-electron chi connectivity index (χ2n) is 9.24. The summed E-state index contributed by atoms with van der Waals surface area (Å²) in [7, 11) is 0. The third kappa shape index (κ3) is 5.29. The zero-order valence-electron chi connectivity index (χ0n) is 19.1. The number of likely N-dealkylation sites (tertiary alicyclic amines) is 1. The number of piperidine rings is 1. The second kappa shape index (κ2) is 10.1. The van der Waals surface area contributed by atoms with Gasteiger partial charge in [-0.15, -0.1) is 0 Å². The van der Waals surface area contributed by atoms with Crippen molar-refractivity contribution in [2.45, 2.75) is 64.5 Å². The van der Waals surface area contributed by atoms with Gasteiger partial charge < -0.3 is 15.5 Å². The number of carbonyl (C=O) groups is 4. The van der Waals surface area contributed by atoms with E-state index in [0.717, 1.165) is 12.8 Å². The topological polar surface area (TPSA) is 108 Å². The van der Waals surface area contributed by atoms with Crippen molar-refractivity contribution < 1.29 is 19.2 Å². The molecular formula is C24H34N4O4. The standard InChI is InChI=1S/C24H34N4O4/c1-16(2)20(25-17(3)29)21(30)28-14-11-19(12-15-28)24(22(31)26-23(32)27-24)13-7-10-18-8-5-4-6-9-18/h4-6,8-9,16,19-20H,7,10-15H2,1-3H3,(H,25,29)(H2,26,27,31,32)/t20-,24+/m0/s1. The minimum absolute atomic E-state index is 0.0200. The number of benzene rings is 1. The first-order valence-corrected chi connectivity index (χ1v) is 11.5. The van der Waals surface area contributed by atoms with Crippen LogP contribution in [0.15, 0.2) is 30.3 Å². The van der Waals surface area contributed by atoms with Crippen LogP contribution in [0.4, 0.5) is 4.79 Å². The lowest BCUT2D eigenvalue weighted by atomic mass is 9.74. The van der Waals surface area contributed by atoms with Gasteiger partial charge in [-0.05, 0) is 49.5 Å². The van der Waals surface area contributed by atoms with Gasteiger partial charge in [-0.25, -0.2) is 4.79 Å². The van der Waals surface area contributed by atoms with E-state index in [2.05, 4.69) is 28.1 Å². The number of amides is 5. The fourth-order valence-electron chi connectivity index (χ4n) is 4.91. The highest BCUT2D eigenvalue weighted by Gasteiger charge is 2.52. The zero-order chi connectivity index (χ0) is 23.3. The van der Waals surface area contributed by atoms with Gasteiger partial charge in [0.05, 0.1) is 0 Å². The molecule has 0 unspecified atom stereocenters. The SMILES string of the molecule is CC(=O)N[C@H](C(=O)N1CCC([C@@]2(CCCc3ccccc3)NC(=O)NC2=O)CC1)C(C)C. The summed E-state index contributed by atoms with van der Waals surface area (Å²) in [6.45, 7) is 6.22. The number of nitrogens with one attached hydrogen (secondary N) is 3. The maximum Gasteiger partial charge on any atom is 0.322 e. The van der Waals surface area contributed by atoms with Crippen molar-refractivity contribution in [3.8, 4) is 0 Å². The Morgan fingerprint density at radius 3 is 2.34 bits per heavy atom. The molecule has 0 aromatic heterocycles. The Morgan fingerprint density at radius 2 is 1.81 bits per heavy atom. The van der Waals surface area contributed by atoms with Crippen LogP contribution in [0.25, 0.3) is 0 Å². The molecule has 2 aliphatic heterocycles. The van der Waals surface area contributed by atoms with Crippen molar-refractivity contribution in [2.75, 3.05) is 13.1 Å². The Bertz CT molecular complexity index is 849. The van der Waals surface area contributed by atoms with Gasteiger partial charge in [0.1, 0.15) is 11.6 Å². The van der Waals surface area contributed by atoms with Gasteiger partial charge in [0.15, 0.2) is 0 Å². The van der Waals surface area contributed by atoms with Crippen LogP contribution >= 0.6 is 0 Å². The number of aryl methyl sites for hydroxylation is 1. The van der Waals surface area contributed by atoms with Crippen LogP contribution in [0.5, 0.6) is 0 Å². The normalized spacial score (nSPS) is 22.4. The van der Waals surface area contributed by atoms with Crippen LogP contribution in [0, 0.1) is 11.8 Å². The van der Waals surface area contributed by atoms with E-state index < -0.39 is 17.6 Å². The number of rotatable bonds is 8. The summed E-state index contributed by atoms with van der Waals surface area (Å²) in [5, 5.41) is 8.10. The molecule has 0 saturated carbocycles. The minimum atomic E-state index is -0.934. The molecule has 2 saturated heterocycles. The Balaban J connectivity index is 1.65. The number of nitrogens with zero attached hydrogens (tertiary/aromatic N) is 1. The summed E-state index contributed by atoms with van der Waals surface area (Å²) >= 11 is 0. The monoisotopic (exact) mass is 442 g/mol. The molecular weight excluding hydrogens is 408 g/mol. The van der Waals surface area contributed by atoms with Crippen molar-refractivity contribution >= 4 is 23.8 Å². The van der Waals surface area contributed by atoms with Crippen molar-refractivity contribution in [1.29, 1.82) is 0 Å². The van der Waals surface area contributed by atoms with Gasteiger partial charge in [-0.2, -0.15) is 0 Å². The number of carbonyl (C=O) groups excluding carboxylic acids is 4. The average Bonchev–Trinajstić information content (AvgIpc) is 3.06. The Morgan fingerprint density at radius 1 is 1.16 bits per heavy atom. The van der Waals surface area contributed by atoms with Crippen LogP contribution in [0.2, 0.25) is 0 Å². The Kier molecular flexibility index (Phi) is 7.53. The van der Waals surface area contributed by atoms with E-state index in [9.17, 15) is 19.2 Å². The smallest absolute Gasteiger partial charge is 0.322 e. The van der Waals surface area contributed by atoms with Crippen LogP contribution in [0.3, 0.4) is 0 Å². The first kappa shape index (κ1) is 23.8. The summed E-state index contributed by atoms with van der Waals surface area (Å²) in [5.74, 6) is -0.652. The number of imide groups is 1. The van der Waals surface area contributed by atoms with Crippen molar-refractivity contribution in [1.82, 2.24) is 20.9 Å². The predicted octanol–water partition coefficient (Wildman–Crippen LogP) is 1.99. The van der Waals surface area contributed by atoms with Crippen molar-refractivity contribution in [3.63, 3.8) is 0 Å². The Hall–Kier alpha value is -2.90. The fraction of sp³-hybridized carbons (Fsp3) is 0.583. The first-order chi connectivity index (χ1) is 15.2. The lowest BCUT2D eigenvalue weighted by Crippen LogP contribution is -2.58. The molecule has 1 aromatic carbocycles. The molecule has 8 nitrogen and oxygen atoms in total. The van der Waals surface area contributed by atoms with E-state index in [-0.39, 0.29) is 29.6 Å². The molecule has 3 N–H and O–H groups in total. The van der Waals surface area contributed by atoms with E-state index >= 15 is 0 Å².